The lowest BCUT2D eigenvalue weighted by Gasteiger charge is -2.40. The van der Waals surface area contributed by atoms with Crippen molar-refractivity contribution in [3.05, 3.63) is 47.8 Å². The van der Waals surface area contributed by atoms with Crippen LogP contribution in [0.4, 0.5) is 10.1 Å². The number of carbonyl (C=O) groups excluding carboxylic acids is 2. The zero-order valence-corrected chi connectivity index (χ0v) is 21.7. The van der Waals surface area contributed by atoms with Crippen LogP contribution in [-0.4, -0.2) is 62.9 Å². The van der Waals surface area contributed by atoms with E-state index in [1.165, 1.54) is 26.2 Å². The molecule has 0 spiro atoms. The first-order valence-electron chi connectivity index (χ1n) is 12.6. The zero-order chi connectivity index (χ0) is 27.6. The highest BCUT2D eigenvalue weighted by molar-refractivity contribution is 5.99. The van der Waals surface area contributed by atoms with Crippen LogP contribution >= 0.6 is 0 Å². The number of hydrogen-bond acceptors (Lipinski definition) is 7. The quantitative estimate of drug-likeness (QED) is 0.412. The summed E-state index contributed by atoms with van der Waals surface area (Å²) >= 11 is 0. The van der Waals surface area contributed by atoms with Crippen LogP contribution < -0.4 is 16.0 Å². The number of aliphatic hydroxyl groups is 1. The highest BCUT2D eigenvalue weighted by Crippen LogP contribution is 2.35. The first kappa shape index (κ1) is 27.0. The van der Waals surface area contributed by atoms with Crippen LogP contribution in [0.1, 0.15) is 55.5 Å². The first-order chi connectivity index (χ1) is 18.0. The maximum Gasteiger partial charge on any atom is 0.252 e. The molecule has 1 atom stereocenters. The Morgan fingerprint density at radius 3 is 2.61 bits per heavy atom. The third-order valence-electron chi connectivity index (χ3n) is 7.23. The summed E-state index contributed by atoms with van der Waals surface area (Å²) in [6.07, 6.45) is 3.60. The van der Waals surface area contributed by atoms with Gasteiger partial charge in [-0.1, -0.05) is 0 Å². The van der Waals surface area contributed by atoms with E-state index in [0.717, 1.165) is 0 Å². The summed E-state index contributed by atoms with van der Waals surface area (Å²) in [5, 5.41) is 26.6. The lowest BCUT2D eigenvalue weighted by molar-refractivity contribution is -0.125. The van der Waals surface area contributed by atoms with Crippen LogP contribution in [0.3, 0.4) is 0 Å². The van der Waals surface area contributed by atoms with E-state index in [1.54, 1.807) is 40.7 Å². The SMILES string of the molecule is CNC(=O)C1CCC(N(C[C@@H](F)C(C)(C)O)c2cc(-c3ccc4cc(C#N)cnn34)ncc2C(N)=O)CC1. The van der Waals surface area contributed by atoms with Gasteiger partial charge in [0.15, 0.2) is 0 Å². The molecule has 3 aromatic rings. The Kier molecular flexibility index (Phi) is 7.64. The molecule has 1 saturated carbocycles. The summed E-state index contributed by atoms with van der Waals surface area (Å²) in [5.41, 5.74) is 6.84. The van der Waals surface area contributed by atoms with Crippen molar-refractivity contribution in [2.24, 2.45) is 11.7 Å². The van der Waals surface area contributed by atoms with Crippen molar-refractivity contribution in [1.29, 1.82) is 5.26 Å². The Morgan fingerprint density at radius 2 is 2.00 bits per heavy atom. The number of aromatic nitrogens is 3. The fourth-order valence-electron chi connectivity index (χ4n) is 4.96. The second-order valence-corrected chi connectivity index (χ2v) is 10.3. The highest BCUT2D eigenvalue weighted by atomic mass is 19.1. The molecule has 11 heteroatoms. The average molecular weight is 522 g/mol. The van der Waals surface area contributed by atoms with Gasteiger partial charge >= 0.3 is 0 Å². The van der Waals surface area contributed by atoms with Crippen LogP contribution in [0, 0.1) is 17.2 Å². The van der Waals surface area contributed by atoms with Crippen LogP contribution in [0.2, 0.25) is 0 Å². The van der Waals surface area contributed by atoms with Gasteiger partial charge in [0.1, 0.15) is 12.2 Å². The van der Waals surface area contributed by atoms with Crippen molar-refractivity contribution >= 4 is 23.0 Å². The Bertz CT molecular complexity index is 1380. The number of alkyl halides is 1. The number of pyridine rings is 1. The summed E-state index contributed by atoms with van der Waals surface area (Å²) in [6.45, 7) is 2.62. The molecule has 200 valence electrons. The van der Waals surface area contributed by atoms with Gasteiger partial charge in [0, 0.05) is 25.2 Å². The number of nitrogens with one attached hydrogen (secondary N) is 1. The van der Waals surface area contributed by atoms with Gasteiger partial charge < -0.3 is 21.1 Å². The summed E-state index contributed by atoms with van der Waals surface area (Å²) in [7, 11) is 1.61. The van der Waals surface area contributed by atoms with E-state index in [2.05, 4.69) is 21.5 Å². The standard InChI is InChI=1S/C27H32FN7O3/c1-27(2,38)24(28)15-34(18-6-4-17(5-7-18)26(37)31-3)23-11-21(32-14-20(23)25(30)36)22-9-8-19-10-16(12-29)13-33-35(19)22/h8-11,13-14,17-18,24,38H,4-7,15H2,1-3H3,(H2,30,36)(H,31,37)/t17?,18?,24-/m1/s1. The van der Waals surface area contributed by atoms with Gasteiger partial charge in [0.05, 0.1) is 52.1 Å². The third kappa shape index (κ3) is 5.45. The predicted molar refractivity (Wildman–Crippen MR) is 140 cm³/mol. The monoisotopic (exact) mass is 521 g/mol. The lowest BCUT2D eigenvalue weighted by Crippen LogP contribution is -2.48. The van der Waals surface area contributed by atoms with Crippen molar-refractivity contribution in [2.45, 2.75) is 57.3 Å². The summed E-state index contributed by atoms with van der Waals surface area (Å²) < 4.78 is 16.9. The molecule has 4 N–H and O–H groups in total. The van der Waals surface area contributed by atoms with E-state index in [9.17, 15) is 20.0 Å². The Hall–Kier alpha value is -4.04. The number of rotatable bonds is 8. The molecule has 0 radical (unpaired) electrons. The van der Waals surface area contributed by atoms with Crippen LogP contribution in [0.15, 0.2) is 36.7 Å². The Balaban J connectivity index is 1.78. The van der Waals surface area contributed by atoms with E-state index >= 15 is 4.39 Å². The molecule has 3 heterocycles. The van der Waals surface area contributed by atoms with E-state index in [4.69, 9.17) is 5.73 Å². The van der Waals surface area contributed by atoms with Gasteiger partial charge in [-0.3, -0.25) is 14.6 Å². The predicted octanol–water partition coefficient (Wildman–Crippen LogP) is 2.59. The molecule has 2 amide bonds. The molecule has 0 aromatic carbocycles. The normalized spacial score (nSPS) is 18.5. The summed E-state index contributed by atoms with van der Waals surface area (Å²) in [5.74, 6) is -0.863. The molecule has 0 unspecified atom stereocenters. The van der Waals surface area contributed by atoms with Gasteiger partial charge in [-0.05, 0) is 63.8 Å². The van der Waals surface area contributed by atoms with E-state index < -0.39 is 17.7 Å². The first-order valence-corrected chi connectivity index (χ1v) is 12.6. The van der Waals surface area contributed by atoms with E-state index in [-0.39, 0.29) is 30.0 Å². The number of amides is 2. The maximum absolute atomic E-state index is 15.3. The molecule has 4 rings (SSSR count). The fraction of sp³-hybridized carbons (Fsp3) is 0.444. The minimum atomic E-state index is -1.63. The number of anilines is 1. The average Bonchev–Trinajstić information content (AvgIpc) is 3.33. The van der Waals surface area contributed by atoms with E-state index in [1.807, 2.05) is 0 Å². The highest BCUT2D eigenvalue weighted by Gasteiger charge is 2.35. The summed E-state index contributed by atoms with van der Waals surface area (Å²) in [4.78, 5) is 30.9. The number of halogens is 1. The van der Waals surface area contributed by atoms with Crippen molar-refractivity contribution in [2.75, 3.05) is 18.5 Å². The fourth-order valence-corrected chi connectivity index (χ4v) is 4.96. The molecule has 0 aliphatic heterocycles. The van der Waals surface area contributed by atoms with Gasteiger partial charge in [-0.2, -0.15) is 10.4 Å². The topological polar surface area (TPSA) is 150 Å². The number of primary amides is 1. The van der Waals surface area contributed by atoms with Crippen molar-refractivity contribution in [3.63, 3.8) is 0 Å². The minimum Gasteiger partial charge on any atom is -0.387 e. The van der Waals surface area contributed by atoms with Crippen LogP contribution in [-0.2, 0) is 4.79 Å². The maximum atomic E-state index is 15.3. The Morgan fingerprint density at radius 1 is 1.29 bits per heavy atom. The zero-order valence-electron chi connectivity index (χ0n) is 21.7. The Labute approximate surface area is 220 Å². The van der Waals surface area contributed by atoms with Gasteiger partial charge in [0.25, 0.3) is 5.91 Å². The van der Waals surface area contributed by atoms with Gasteiger partial charge in [0.2, 0.25) is 5.91 Å². The smallest absolute Gasteiger partial charge is 0.252 e. The lowest BCUT2D eigenvalue weighted by atomic mass is 9.84. The van der Waals surface area contributed by atoms with Crippen molar-refractivity contribution < 1.29 is 19.1 Å². The van der Waals surface area contributed by atoms with Crippen LogP contribution in [0.5, 0.6) is 0 Å². The second-order valence-electron chi connectivity index (χ2n) is 10.3. The number of carbonyl (C=O) groups is 2. The molecular formula is C27H32FN7O3. The summed E-state index contributed by atoms with van der Waals surface area (Å²) in [6, 6.07) is 8.86. The third-order valence-corrected chi connectivity index (χ3v) is 7.23. The largest absolute Gasteiger partial charge is 0.387 e. The van der Waals surface area contributed by atoms with Crippen molar-refractivity contribution in [1.82, 2.24) is 19.9 Å². The van der Waals surface area contributed by atoms with Gasteiger partial charge in [-0.15, -0.1) is 0 Å². The molecule has 0 saturated heterocycles. The number of nitrogens with zero attached hydrogens (tertiary/aromatic N) is 5. The van der Waals surface area contributed by atoms with Gasteiger partial charge in [-0.25, -0.2) is 8.91 Å². The molecule has 3 aromatic heterocycles. The minimum absolute atomic E-state index is 0.0222. The van der Waals surface area contributed by atoms with E-state index in [0.29, 0.717) is 53.8 Å². The molecule has 1 fully saturated rings. The number of fused-ring (bicyclic) bond motifs is 1. The molecule has 38 heavy (non-hydrogen) atoms. The molecular weight excluding hydrogens is 489 g/mol. The van der Waals surface area contributed by atoms with Crippen molar-refractivity contribution in [3.8, 4) is 17.5 Å². The molecule has 1 aliphatic rings. The number of hydrogen-bond donors (Lipinski definition) is 3. The number of nitrogens with two attached hydrogens (primary N) is 1. The second kappa shape index (κ2) is 10.8. The van der Waals surface area contributed by atoms with Crippen LogP contribution in [0.25, 0.3) is 16.9 Å². The molecule has 1 aliphatic carbocycles. The molecule has 10 nitrogen and oxygen atoms in total. The molecule has 0 bridgehead atoms. The number of nitriles is 1.